The van der Waals surface area contributed by atoms with Crippen molar-refractivity contribution in [1.29, 1.82) is 0 Å². The lowest BCUT2D eigenvalue weighted by molar-refractivity contribution is -0.0390. The maximum absolute atomic E-state index is 6.13. The first-order chi connectivity index (χ1) is 11.8. The van der Waals surface area contributed by atoms with Crippen molar-refractivity contribution in [1.82, 2.24) is 4.90 Å². The van der Waals surface area contributed by atoms with E-state index >= 15 is 0 Å². The average Bonchev–Trinajstić information content (AvgIpc) is 2.66. The van der Waals surface area contributed by atoms with Crippen molar-refractivity contribution in [2.45, 2.75) is 51.4 Å². The minimum atomic E-state index is 0.329. The van der Waals surface area contributed by atoms with E-state index in [1.54, 1.807) is 0 Å². The lowest BCUT2D eigenvalue weighted by Crippen LogP contribution is -2.40. The van der Waals surface area contributed by atoms with Crippen molar-refractivity contribution in [2.24, 2.45) is 10.7 Å². The van der Waals surface area contributed by atoms with Crippen LogP contribution in [0.3, 0.4) is 0 Å². The Morgan fingerprint density at radius 1 is 1.17 bits per heavy atom. The highest BCUT2D eigenvalue weighted by Gasteiger charge is 2.14. The molecule has 5 nitrogen and oxygen atoms in total. The molecule has 1 aromatic rings. The molecule has 0 spiro atoms. The number of hydrogen-bond donors (Lipinski definition) is 1. The molecule has 24 heavy (non-hydrogen) atoms. The van der Waals surface area contributed by atoms with Crippen molar-refractivity contribution < 1.29 is 9.47 Å². The highest BCUT2D eigenvalue weighted by molar-refractivity contribution is 5.78. The van der Waals surface area contributed by atoms with E-state index in [0.717, 1.165) is 39.1 Å². The first-order valence-corrected chi connectivity index (χ1v) is 9.13. The molecule has 0 bridgehead atoms. The van der Waals surface area contributed by atoms with Gasteiger partial charge in [0.1, 0.15) is 0 Å². The summed E-state index contributed by atoms with van der Waals surface area (Å²) < 4.78 is 11.4. The van der Waals surface area contributed by atoms with E-state index < -0.39 is 0 Å². The van der Waals surface area contributed by atoms with Crippen LogP contribution in [0.4, 0.5) is 0 Å². The summed E-state index contributed by atoms with van der Waals surface area (Å²) in [4.78, 5) is 6.77. The topological polar surface area (TPSA) is 60.1 Å². The standard InChI is InChI=1S/C19H29N3O2/c20-19(22-9-2-1-3-10-22)21-14-16-5-4-6-17(13-16)15-24-18-7-11-23-12-8-18/h4-6,13,18H,1-3,7-12,14-15H2,(H2,20,21). The highest BCUT2D eigenvalue weighted by atomic mass is 16.5. The number of aliphatic imine (C=N–C) groups is 1. The fourth-order valence-corrected chi connectivity index (χ4v) is 3.27. The Bertz CT molecular complexity index is 535. The molecule has 2 heterocycles. The van der Waals surface area contributed by atoms with E-state index in [1.165, 1.54) is 30.4 Å². The number of nitrogens with two attached hydrogens (primary N) is 1. The third kappa shape index (κ3) is 5.21. The second-order valence-electron chi connectivity index (χ2n) is 6.66. The number of likely N-dealkylation sites (tertiary alicyclic amines) is 1. The normalized spacial score (nSPS) is 20.3. The number of benzene rings is 1. The molecule has 1 aromatic carbocycles. The van der Waals surface area contributed by atoms with Gasteiger partial charge in [-0.3, -0.25) is 0 Å². The largest absolute Gasteiger partial charge is 0.381 e. The SMILES string of the molecule is NC(=NCc1cccc(COC2CCOCC2)c1)N1CCCCC1. The Kier molecular flexibility index (Phi) is 6.49. The van der Waals surface area contributed by atoms with Crippen LogP contribution in [0.15, 0.2) is 29.3 Å². The number of piperidine rings is 1. The van der Waals surface area contributed by atoms with Crippen LogP contribution in [-0.2, 0) is 22.6 Å². The molecule has 2 N–H and O–H groups in total. The van der Waals surface area contributed by atoms with Crippen LogP contribution in [0.25, 0.3) is 0 Å². The Labute approximate surface area is 144 Å². The van der Waals surface area contributed by atoms with E-state index in [0.29, 0.717) is 25.2 Å². The number of rotatable bonds is 5. The molecule has 2 fully saturated rings. The molecule has 5 heteroatoms. The van der Waals surface area contributed by atoms with Gasteiger partial charge < -0.3 is 20.1 Å². The average molecular weight is 331 g/mol. The summed E-state index contributed by atoms with van der Waals surface area (Å²) in [6, 6.07) is 8.46. The summed E-state index contributed by atoms with van der Waals surface area (Å²) >= 11 is 0. The van der Waals surface area contributed by atoms with E-state index in [1.807, 2.05) is 0 Å². The van der Waals surface area contributed by atoms with Gasteiger partial charge in [0.2, 0.25) is 0 Å². The van der Waals surface area contributed by atoms with Crippen molar-refractivity contribution in [2.75, 3.05) is 26.3 Å². The van der Waals surface area contributed by atoms with Gasteiger partial charge in [0.05, 0.1) is 19.3 Å². The fourth-order valence-electron chi connectivity index (χ4n) is 3.27. The number of guanidine groups is 1. The molecule has 0 amide bonds. The minimum absolute atomic E-state index is 0.329. The van der Waals surface area contributed by atoms with Gasteiger partial charge in [0.15, 0.2) is 5.96 Å². The van der Waals surface area contributed by atoms with E-state index in [9.17, 15) is 0 Å². The number of ether oxygens (including phenoxy) is 2. The van der Waals surface area contributed by atoms with Gasteiger partial charge in [0.25, 0.3) is 0 Å². The van der Waals surface area contributed by atoms with Gasteiger partial charge >= 0.3 is 0 Å². The predicted octanol–water partition coefficient (Wildman–Crippen LogP) is 2.68. The van der Waals surface area contributed by atoms with Gasteiger partial charge in [0, 0.05) is 26.3 Å². The number of hydrogen-bond acceptors (Lipinski definition) is 3. The quantitative estimate of drug-likeness (QED) is 0.666. The third-order valence-corrected chi connectivity index (χ3v) is 4.75. The van der Waals surface area contributed by atoms with Crippen LogP contribution in [0.2, 0.25) is 0 Å². The molecule has 0 aliphatic carbocycles. The molecule has 0 unspecified atom stereocenters. The first kappa shape index (κ1) is 17.2. The fraction of sp³-hybridized carbons (Fsp3) is 0.632. The highest BCUT2D eigenvalue weighted by Crippen LogP contribution is 2.15. The van der Waals surface area contributed by atoms with E-state index in [4.69, 9.17) is 15.2 Å². The van der Waals surface area contributed by atoms with Crippen molar-refractivity contribution in [3.8, 4) is 0 Å². The lowest BCUT2D eigenvalue weighted by Gasteiger charge is -2.27. The van der Waals surface area contributed by atoms with E-state index in [-0.39, 0.29) is 0 Å². The number of nitrogens with zero attached hydrogens (tertiary/aromatic N) is 2. The molecule has 132 valence electrons. The maximum Gasteiger partial charge on any atom is 0.191 e. The smallest absolute Gasteiger partial charge is 0.191 e. The second-order valence-corrected chi connectivity index (χ2v) is 6.66. The monoisotopic (exact) mass is 331 g/mol. The molecule has 0 saturated carbocycles. The zero-order valence-electron chi connectivity index (χ0n) is 14.5. The zero-order chi connectivity index (χ0) is 16.6. The second kappa shape index (κ2) is 9.04. The van der Waals surface area contributed by atoms with Crippen LogP contribution in [0.5, 0.6) is 0 Å². The van der Waals surface area contributed by atoms with Crippen LogP contribution in [0, 0.1) is 0 Å². The molecular formula is C19H29N3O2. The van der Waals surface area contributed by atoms with E-state index in [2.05, 4.69) is 34.2 Å². The van der Waals surface area contributed by atoms with Crippen LogP contribution < -0.4 is 5.73 Å². The van der Waals surface area contributed by atoms with Crippen molar-refractivity contribution >= 4 is 5.96 Å². The zero-order valence-corrected chi connectivity index (χ0v) is 14.5. The van der Waals surface area contributed by atoms with Crippen LogP contribution in [0.1, 0.15) is 43.2 Å². The van der Waals surface area contributed by atoms with Gasteiger partial charge in [-0.25, -0.2) is 4.99 Å². The Morgan fingerprint density at radius 3 is 2.71 bits per heavy atom. The molecule has 0 atom stereocenters. The Morgan fingerprint density at radius 2 is 1.92 bits per heavy atom. The molecule has 3 rings (SSSR count). The molecule has 0 aromatic heterocycles. The van der Waals surface area contributed by atoms with Crippen LogP contribution >= 0.6 is 0 Å². The van der Waals surface area contributed by atoms with Gasteiger partial charge in [-0.05, 0) is 43.2 Å². The summed E-state index contributed by atoms with van der Waals surface area (Å²) in [6.45, 7) is 4.99. The molecule has 2 saturated heterocycles. The molecule has 0 radical (unpaired) electrons. The maximum atomic E-state index is 6.13. The third-order valence-electron chi connectivity index (χ3n) is 4.75. The lowest BCUT2D eigenvalue weighted by atomic mass is 10.1. The molecule has 2 aliphatic rings. The van der Waals surface area contributed by atoms with Gasteiger partial charge in [-0.15, -0.1) is 0 Å². The minimum Gasteiger partial charge on any atom is -0.381 e. The molecule has 2 aliphatic heterocycles. The first-order valence-electron chi connectivity index (χ1n) is 9.13. The summed E-state index contributed by atoms with van der Waals surface area (Å²) in [6.07, 6.45) is 6.06. The molecular weight excluding hydrogens is 302 g/mol. The summed E-state index contributed by atoms with van der Waals surface area (Å²) in [5.41, 5.74) is 8.51. The Balaban J connectivity index is 1.50. The van der Waals surface area contributed by atoms with Crippen molar-refractivity contribution in [3.05, 3.63) is 35.4 Å². The van der Waals surface area contributed by atoms with Crippen LogP contribution in [-0.4, -0.2) is 43.3 Å². The van der Waals surface area contributed by atoms with Crippen molar-refractivity contribution in [3.63, 3.8) is 0 Å². The summed E-state index contributed by atoms with van der Waals surface area (Å²) in [5.74, 6) is 0.679. The Hall–Kier alpha value is -1.59. The summed E-state index contributed by atoms with van der Waals surface area (Å²) in [5, 5.41) is 0. The predicted molar refractivity (Wildman–Crippen MR) is 95.8 cm³/mol. The summed E-state index contributed by atoms with van der Waals surface area (Å²) in [7, 11) is 0. The van der Waals surface area contributed by atoms with Gasteiger partial charge in [-0.1, -0.05) is 24.3 Å². The van der Waals surface area contributed by atoms with Gasteiger partial charge in [-0.2, -0.15) is 0 Å².